The quantitative estimate of drug-likeness (QED) is 0.144. The monoisotopic (exact) mass is 791 g/mol. The summed E-state index contributed by atoms with van der Waals surface area (Å²) in [6.45, 7) is 3.49. The summed E-state index contributed by atoms with van der Waals surface area (Å²) < 4.78 is 5.61. The second-order valence-corrected chi connectivity index (χ2v) is 16.2. The van der Waals surface area contributed by atoms with Crippen LogP contribution in [0.25, 0.3) is 21.9 Å². The van der Waals surface area contributed by atoms with Gasteiger partial charge < -0.3 is 30.1 Å². The van der Waals surface area contributed by atoms with Gasteiger partial charge in [-0.25, -0.2) is 4.79 Å². The van der Waals surface area contributed by atoms with E-state index in [1.54, 1.807) is 9.80 Å². The third-order valence-corrected chi connectivity index (χ3v) is 12.2. The maximum absolute atomic E-state index is 14.7. The Morgan fingerprint density at radius 3 is 2.12 bits per heavy atom. The lowest BCUT2D eigenvalue weighted by molar-refractivity contribution is -0.153. The van der Waals surface area contributed by atoms with Crippen molar-refractivity contribution in [2.45, 2.75) is 57.3 Å². The molecule has 2 N–H and O–H groups in total. The zero-order valence-electron chi connectivity index (χ0n) is 33.5. The van der Waals surface area contributed by atoms with Crippen LogP contribution in [0.15, 0.2) is 127 Å². The number of nitrogens with one attached hydrogen (secondary N) is 2. The van der Waals surface area contributed by atoms with Gasteiger partial charge in [0.25, 0.3) is 0 Å². The van der Waals surface area contributed by atoms with Crippen molar-refractivity contribution in [3.63, 3.8) is 0 Å². The molecule has 0 saturated carbocycles. The Balaban J connectivity index is 1.01. The van der Waals surface area contributed by atoms with E-state index in [0.717, 1.165) is 58.0 Å². The van der Waals surface area contributed by atoms with Crippen LogP contribution in [-0.2, 0) is 38.7 Å². The van der Waals surface area contributed by atoms with E-state index in [9.17, 15) is 19.2 Å². The number of piperazine rings is 1. The zero-order valence-corrected chi connectivity index (χ0v) is 33.5. The zero-order chi connectivity index (χ0) is 40.6. The Morgan fingerprint density at radius 2 is 1.39 bits per heavy atom. The highest BCUT2D eigenvalue weighted by molar-refractivity contribution is 5.98. The third-order valence-electron chi connectivity index (χ3n) is 12.2. The topological polar surface area (TPSA) is 111 Å². The molecule has 3 atom stereocenters. The van der Waals surface area contributed by atoms with Crippen molar-refractivity contribution in [3.05, 3.63) is 144 Å². The molecule has 8 rings (SSSR count). The van der Waals surface area contributed by atoms with Crippen LogP contribution in [0, 0.1) is 11.8 Å². The van der Waals surface area contributed by atoms with Crippen molar-refractivity contribution in [2.75, 3.05) is 39.3 Å². The minimum absolute atomic E-state index is 0.00704. The van der Waals surface area contributed by atoms with Gasteiger partial charge >= 0.3 is 6.09 Å². The molecule has 3 fully saturated rings. The van der Waals surface area contributed by atoms with E-state index >= 15 is 0 Å². The summed E-state index contributed by atoms with van der Waals surface area (Å²) in [5.74, 6) is -0.502. The van der Waals surface area contributed by atoms with Crippen LogP contribution in [0.3, 0.4) is 0 Å². The van der Waals surface area contributed by atoms with Crippen molar-refractivity contribution in [2.24, 2.45) is 11.8 Å². The highest BCUT2D eigenvalue weighted by Gasteiger charge is 2.43. The van der Waals surface area contributed by atoms with Crippen LogP contribution in [0.1, 0.15) is 42.4 Å². The molecule has 5 aromatic rings. The Labute approximate surface area is 346 Å². The first kappa shape index (κ1) is 39.8. The number of carbonyl (C=O) groups is 4. The van der Waals surface area contributed by atoms with E-state index in [1.807, 2.05) is 83.8 Å². The lowest BCUT2D eigenvalue weighted by atomic mass is 9.93. The molecule has 10 nitrogen and oxygen atoms in total. The molecular formula is C49H53N5O5. The number of hydrogen-bond donors (Lipinski definition) is 2. The second kappa shape index (κ2) is 18.7. The van der Waals surface area contributed by atoms with Gasteiger partial charge in [0.15, 0.2) is 0 Å². The summed E-state index contributed by atoms with van der Waals surface area (Å²) in [5.41, 5.74) is 4.97. The lowest BCUT2D eigenvalue weighted by Gasteiger charge is -2.43. The number of fused-ring (bicyclic) bond motifs is 1. The summed E-state index contributed by atoms with van der Waals surface area (Å²) in [6, 6.07) is 40.6. The number of ether oxygens (including phenoxy) is 1. The molecule has 3 aliphatic heterocycles. The number of likely N-dealkylation sites (tertiary alicyclic amines) is 1. The molecule has 4 amide bonds. The number of nitrogens with zero attached hydrogens (tertiary/aromatic N) is 3. The van der Waals surface area contributed by atoms with Gasteiger partial charge in [0, 0.05) is 39.1 Å². The number of piperidine rings is 2. The molecule has 0 aliphatic carbocycles. The van der Waals surface area contributed by atoms with Crippen molar-refractivity contribution >= 4 is 34.6 Å². The van der Waals surface area contributed by atoms with Crippen molar-refractivity contribution in [3.8, 4) is 11.1 Å². The minimum atomic E-state index is -0.877. The summed E-state index contributed by atoms with van der Waals surface area (Å²) in [4.78, 5) is 61.8. The van der Waals surface area contributed by atoms with Crippen LogP contribution in [0.2, 0.25) is 0 Å². The number of carbonyl (C=O) groups excluding carboxylic acids is 4. The molecule has 59 heavy (non-hydrogen) atoms. The maximum atomic E-state index is 14.7. The Hall–Kier alpha value is -6.00. The Bertz CT molecular complexity index is 2220. The molecule has 0 radical (unpaired) electrons. The van der Waals surface area contributed by atoms with Crippen LogP contribution in [0.5, 0.6) is 0 Å². The fourth-order valence-corrected chi connectivity index (χ4v) is 8.77. The smallest absolute Gasteiger partial charge is 0.410 e. The molecule has 0 aromatic heterocycles. The fourth-order valence-electron chi connectivity index (χ4n) is 8.77. The van der Waals surface area contributed by atoms with Gasteiger partial charge in [-0.3, -0.25) is 14.4 Å². The molecule has 0 spiro atoms. The Kier molecular flexibility index (Phi) is 12.6. The van der Waals surface area contributed by atoms with Gasteiger partial charge in [-0.05, 0) is 76.7 Å². The number of amides is 4. The average Bonchev–Trinajstić information content (AvgIpc) is 3.29. The van der Waals surface area contributed by atoms with Gasteiger partial charge in [0.2, 0.25) is 17.7 Å². The molecular weight excluding hydrogens is 739 g/mol. The van der Waals surface area contributed by atoms with Gasteiger partial charge in [0.1, 0.15) is 18.7 Å². The molecule has 3 heterocycles. The Morgan fingerprint density at radius 1 is 0.712 bits per heavy atom. The van der Waals surface area contributed by atoms with E-state index in [0.29, 0.717) is 45.4 Å². The van der Waals surface area contributed by atoms with Crippen LogP contribution >= 0.6 is 0 Å². The van der Waals surface area contributed by atoms with Gasteiger partial charge in [-0.2, -0.15) is 0 Å². The third kappa shape index (κ3) is 9.83. The summed E-state index contributed by atoms with van der Waals surface area (Å²) in [7, 11) is 0. The average molecular weight is 792 g/mol. The molecule has 10 heteroatoms. The fraction of sp³-hybridized carbons (Fsp3) is 0.347. The van der Waals surface area contributed by atoms with E-state index in [-0.39, 0.29) is 55.3 Å². The van der Waals surface area contributed by atoms with E-state index in [4.69, 9.17) is 4.74 Å². The standard InChI is InChI=1S/C49H53N5O5/c55-46-45(33-53(47(56)43-16-9-25-50-30-43)31-36-23-26-52(27-24-36)49(58)59-34-37-10-3-1-4-11-37)54(32-35-17-20-41(21-18-35)39-12-5-2-6-13-39)48(57)44(51-46)29-38-19-22-40-14-7-8-15-42(40)28-38/h1-8,10-15,17-22,28,36,43-45,50H,9,16,23-27,29-34H2,(H,51,55)/t43-,44+,45+/m1/s1. The molecule has 5 aromatic carbocycles. The van der Waals surface area contributed by atoms with E-state index in [1.165, 1.54) is 0 Å². The van der Waals surface area contributed by atoms with Crippen LogP contribution < -0.4 is 10.6 Å². The SMILES string of the molecule is O=C1N[C@@H](Cc2ccc3ccccc3c2)C(=O)N(Cc2ccc(-c3ccccc3)cc2)[C@H]1CN(CC1CCN(C(=O)OCc2ccccc2)CC1)C(=O)[C@@H]1CCCNC1. The maximum Gasteiger partial charge on any atom is 0.410 e. The van der Waals surface area contributed by atoms with Gasteiger partial charge in [-0.1, -0.05) is 127 Å². The molecule has 304 valence electrons. The molecule has 3 aliphatic rings. The van der Waals surface area contributed by atoms with Crippen LogP contribution in [-0.4, -0.2) is 89.9 Å². The summed E-state index contributed by atoms with van der Waals surface area (Å²) in [6.07, 6.45) is 3.10. The lowest BCUT2D eigenvalue weighted by Crippen LogP contribution is -2.66. The molecule has 0 bridgehead atoms. The van der Waals surface area contributed by atoms with E-state index < -0.39 is 12.1 Å². The van der Waals surface area contributed by atoms with Crippen molar-refractivity contribution in [1.82, 2.24) is 25.3 Å². The predicted octanol–water partition coefficient (Wildman–Crippen LogP) is 6.82. The second-order valence-electron chi connectivity index (χ2n) is 16.2. The highest BCUT2D eigenvalue weighted by Crippen LogP contribution is 2.27. The first-order valence-corrected chi connectivity index (χ1v) is 21.1. The summed E-state index contributed by atoms with van der Waals surface area (Å²) in [5, 5.41) is 8.67. The van der Waals surface area contributed by atoms with E-state index in [2.05, 4.69) is 59.2 Å². The minimum Gasteiger partial charge on any atom is -0.445 e. The normalized spacial score (nSPS) is 20.0. The highest BCUT2D eigenvalue weighted by atomic mass is 16.6. The molecule has 0 unspecified atom stereocenters. The number of benzene rings is 5. The largest absolute Gasteiger partial charge is 0.445 e. The van der Waals surface area contributed by atoms with Gasteiger partial charge in [-0.15, -0.1) is 0 Å². The first-order valence-electron chi connectivity index (χ1n) is 21.1. The van der Waals surface area contributed by atoms with Crippen molar-refractivity contribution in [1.29, 1.82) is 0 Å². The summed E-state index contributed by atoms with van der Waals surface area (Å²) >= 11 is 0. The molecule has 3 saturated heterocycles. The van der Waals surface area contributed by atoms with Crippen molar-refractivity contribution < 1.29 is 23.9 Å². The van der Waals surface area contributed by atoms with Gasteiger partial charge in [0.05, 0.1) is 12.5 Å². The van der Waals surface area contributed by atoms with Crippen LogP contribution in [0.4, 0.5) is 4.79 Å². The first-order chi connectivity index (χ1) is 28.9. The predicted molar refractivity (Wildman–Crippen MR) is 229 cm³/mol. The number of rotatable bonds is 12. The number of hydrogen-bond acceptors (Lipinski definition) is 6.